The van der Waals surface area contributed by atoms with Gasteiger partial charge in [-0.3, -0.25) is 0 Å². The molecule has 0 spiro atoms. The second-order valence-electron chi connectivity index (χ2n) is 5.17. The Balaban J connectivity index is 2.05. The van der Waals surface area contributed by atoms with Gasteiger partial charge in [-0.2, -0.15) is 0 Å². The molecule has 0 radical (unpaired) electrons. The molecule has 18 heavy (non-hydrogen) atoms. The van der Waals surface area contributed by atoms with Gasteiger partial charge in [-0.25, -0.2) is 4.39 Å². The highest BCUT2D eigenvalue weighted by molar-refractivity contribution is 5.50. The third-order valence-corrected chi connectivity index (χ3v) is 3.72. The Morgan fingerprint density at radius 2 is 2.06 bits per heavy atom. The van der Waals surface area contributed by atoms with Crippen molar-refractivity contribution in [3.8, 4) is 0 Å². The lowest BCUT2D eigenvalue weighted by Gasteiger charge is -2.20. The summed E-state index contributed by atoms with van der Waals surface area (Å²) in [4.78, 5) is 2.15. The molecular weight excluding hydrogens is 227 g/mol. The molecular formula is C15H23FN2. The van der Waals surface area contributed by atoms with E-state index in [0.717, 1.165) is 31.7 Å². The molecule has 1 saturated heterocycles. The fourth-order valence-corrected chi connectivity index (χ4v) is 2.30. The normalized spacial score (nSPS) is 17.2. The minimum atomic E-state index is -0.0933. The monoisotopic (exact) mass is 250 g/mol. The van der Waals surface area contributed by atoms with Crippen molar-refractivity contribution < 1.29 is 4.39 Å². The molecule has 0 aromatic heterocycles. The summed E-state index contributed by atoms with van der Waals surface area (Å²) in [5.74, 6) is -0.0933. The lowest BCUT2D eigenvalue weighted by Crippen LogP contribution is -2.25. The van der Waals surface area contributed by atoms with E-state index < -0.39 is 0 Å². The molecule has 0 bridgehead atoms. The smallest absolute Gasteiger partial charge is 0.146 e. The Hall–Kier alpha value is -1.09. The zero-order chi connectivity index (χ0) is 13.0. The Kier molecular flexibility index (Phi) is 4.59. The number of hydrogen-bond donors (Lipinski definition) is 1. The van der Waals surface area contributed by atoms with E-state index >= 15 is 0 Å². The van der Waals surface area contributed by atoms with Crippen LogP contribution < -0.4 is 10.2 Å². The lowest BCUT2D eigenvalue weighted by molar-refractivity contribution is 0.533. The molecule has 3 heteroatoms. The van der Waals surface area contributed by atoms with Crippen molar-refractivity contribution in [1.29, 1.82) is 0 Å². The Morgan fingerprint density at radius 1 is 1.33 bits per heavy atom. The van der Waals surface area contributed by atoms with Crippen molar-refractivity contribution in [3.05, 3.63) is 29.6 Å². The minimum Gasteiger partial charge on any atom is -0.369 e. The zero-order valence-electron chi connectivity index (χ0n) is 11.4. The number of hydrogen-bond acceptors (Lipinski definition) is 2. The molecule has 0 saturated carbocycles. The standard InChI is InChI=1S/C15H23FN2/c1-3-12(2)17-11-13-6-7-14(16)15(10-13)18-8-4-5-9-18/h6-7,10,12,17H,3-5,8-9,11H2,1-2H3. The van der Waals surface area contributed by atoms with Gasteiger partial charge in [0, 0.05) is 25.7 Å². The molecule has 1 aliphatic heterocycles. The van der Waals surface area contributed by atoms with E-state index in [0.29, 0.717) is 6.04 Å². The molecule has 0 amide bonds. The summed E-state index contributed by atoms with van der Waals surface area (Å²) in [5.41, 5.74) is 1.94. The summed E-state index contributed by atoms with van der Waals surface area (Å²) < 4.78 is 13.8. The van der Waals surface area contributed by atoms with E-state index in [9.17, 15) is 4.39 Å². The van der Waals surface area contributed by atoms with Crippen molar-refractivity contribution >= 4 is 5.69 Å². The van der Waals surface area contributed by atoms with Gasteiger partial charge in [0.15, 0.2) is 0 Å². The first-order chi connectivity index (χ1) is 8.70. The van der Waals surface area contributed by atoms with E-state index in [-0.39, 0.29) is 5.82 Å². The molecule has 2 rings (SSSR count). The second kappa shape index (κ2) is 6.19. The van der Waals surface area contributed by atoms with E-state index in [1.54, 1.807) is 6.07 Å². The Morgan fingerprint density at radius 3 is 2.72 bits per heavy atom. The summed E-state index contributed by atoms with van der Waals surface area (Å²) in [7, 11) is 0. The van der Waals surface area contributed by atoms with Crippen molar-refractivity contribution in [2.24, 2.45) is 0 Å². The minimum absolute atomic E-state index is 0.0933. The number of rotatable bonds is 5. The molecule has 1 aliphatic rings. The Bertz CT molecular complexity index is 386. The van der Waals surface area contributed by atoms with Crippen molar-refractivity contribution in [3.63, 3.8) is 0 Å². The van der Waals surface area contributed by atoms with Gasteiger partial charge in [0.2, 0.25) is 0 Å². The largest absolute Gasteiger partial charge is 0.369 e. The maximum Gasteiger partial charge on any atom is 0.146 e. The van der Waals surface area contributed by atoms with Crippen LogP contribution in [0.1, 0.15) is 38.7 Å². The summed E-state index contributed by atoms with van der Waals surface area (Å²) in [6.45, 7) is 7.12. The summed E-state index contributed by atoms with van der Waals surface area (Å²) in [6.07, 6.45) is 3.46. The van der Waals surface area contributed by atoms with Crippen LogP contribution in [0.5, 0.6) is 0 Å². The predicted octanol–water partition coefficient (Wildman–Crippen LogP) is 3.31. The lowest BCUT2D eigenvalue weighted by atomic mass is 10.1. The van der Waals surface area contributed by atoms with E-state index in [1.807, 2.05) is 12.1 Å². The summed E-state index contributed by atoms with van der Waals surface area (Å²) >= 11 is 0. The van der Waals surface area contributed by atoms with Crippen LogP contribution in [-0.2, 0) is 6.54 Å². The van der Waals surface area contributed by atoms with Crippen LogP contribution in [0.25, 0.3) is 0 Å². The van der Waals surface area contributed by atoms with E-state index in [1.165, 1.54) is 18.4 Å². The number of nitrogens with one attached hydrogen (secondary N) is 1. The van der Waals surface area contributed by atoms with Gasteiger partial charge < -0.3 is 10.2 Å². The van der Waals surface area contributed by atoms with Gasteiger partial charge in [0.05, 0.1) is 5.69 Å². The number of benzene rings is 1. The average Bonchev–Trinajstić information content (AvgIpc) is 2.91. The third kappa shape index (κ3) is 3.22. The molecule has 0 aliphatic carbocycles. The number of nitrogens with zero attached hydrogens (tertiary/aromatic N) is 1. The highest BCUT2D eigenvalue weighted by atomic mass is 19.1. The van der Waals surface area contributed by atoms with Gasteiger partial charge in [0.1, 0.15) is 5.82 Å². The van der Waals surface area contributed by atoms with Crippen LogP contribution in [0.15, 0.2) is 18.2 Å². The van der Waals surface area contributed by atoms with E-state index in [2.05, 4.69) is 24.1 Å². The maximum atomic E-state index is 13.8. The molecule has 1 N–H and O–H groups in total. The van der Waals surface area contributed by atoms with Crippen molar-refractivity contribution in [1.82, 2.24) is 5.32 Å². The van der Waals surface area contributed by atoms with Crippen LogP contribution in [0.2, 0.25) is 0 Å². The SMILES string of the molecule is CCC(C)NCc1ccc(F)c(N2CCCC2)c1. The van der Waals surface area contributed by atoms with Crippen molar-refractivity contribution in [2.75, 3.05) is 18.0 Å². The highest BCUT2D eigenvalue weighted by Gasteiger charge is 2.16. The summed E-state index contributed by atoms with van der Waals surface area (Å²) in [6, 6.07) is 5.98. The van der Waals surface area contributed by atoms with Gasteiger partial charge in [0.25, 0.3) is 0 Å². The first kappa shape index (κ1) is 13.3. The van der Waals surface area contributed by atoms with Gasteiger partial charge in [-0.05, 0) is 43.9 Å². The molecule has 1 unspecified atom stereocenters. The van der Waals surface area contributed by atoms with Crippen LogP contribution in [-0.4, -0.2) is 19.1 Å². The third-order valence-electron chi connectivity index (χ3n) is 3.72. The predicted molar refractivity (Wildman–Crippen MR) is 74.4 cm³/mol. The molecule has 1 fully saturated rings. The molecule has 2 nitrogen and oxygen atoms in total. The molecule has 1 heterocycles. The van der Waals surface area contributed by atoms with Gasteiger partial charge >= 0.3 is 0 Å². The van der Waals surface area contributed by atoms with Crippen LogP contribution in [0, 0.1) is 5.82 Å². The van der Waals surface area contributed by atoms with Crippen LogP contribution >= 0.6 is 0 Å². The quantitative estimate of drug-likeness (QED) is 0.862. The molecule has 100 valence electrons. The zero-order valence-corrected chi connectivity index (χ0v) is 11.4. The summed E-state index contributed by atoms with van der Waals surface area (Å²) in [5, 5.41) is 3.44. The fraction of sp³-hybridized carbons (Fsp3) is 0.600. The number of anilines is 1. The van der Waals surface area contributed by atoms with Crippen LogP contribution in [0.3, 0.4) is 0 Å². The highest BCUT2D eigenvalue weighted by Crippen LogP contribution is 2.24. The first-order valence-electron chi connectivity index (χ1n) is 6.97. The van der Waals surface area contributed by atoms with Crippen LogP contribution in [0.4, 0.5) is 10.1 Å². The average molecular weight is 250 g/mol. The van der Waals surface area contributed by atoms with E-state index in [4.69, 9.17) is 0 Å². The number of halogens is 1. The molecule has 1 aromatic rings. The second-order valence-corrected chi connectivity index (χ2v) is 5.17. The first-order valence-corrected chi connectivity index (χ1v) is 6.97. The van der Waals surface area contributed by atoms with Gasteiger partial charge in [-0.1, -0.05) is 13.0 Å². The molecule has 1 atom stereocenters. The molecule has 1 aromatic carbocycles. The topological polar surface area (TPSA) is 15.3 Å². The maximum absolute atomic E-state index is 13.8. The van der Waals surface area contributed by atoms with Gasteiger partial charge in [-0.15, -0.1) is 0 Å². The Labute approximate surface area is 109 Å². The van der Waals surface area contributed by atoms with Crippen molar-refractivity contribution in [2.45, 2.75) is 45.7 Å². The fourth-order valence-electron chi connectivity index (χ4n) is 2.30.